The molecule has 2 heterocycles. The average Bonchev–Trinajstić information content (AvgIpc) is 2.90. The molecule has 0 aliphatic rings. The van der Waals surface area contributed by atoms with Gasteiger partial charge in [0.2, 0.25) is 0 Å². The number of para-hydroxylation sites is 1. The first-order valence-corrected chi connectivity index (χ1v) is 5.90. The van der Waals surface area contributed by atoms with E-state index < -0.39 is 0 Å². The van der Waals surface area contributed by atoms with Crippen LogP contribution in [0, 0.1) is 0 Å². The third-order valence-corrected chi connectivity index (χ3v) is 3.01. The number of fused-ring (bicyclic) bond motifs is 1. The van der Waals surface area contributed by atoms with Crippen molar-refractivity contribution in [3.63, 3.8) is 0 Å². The molecule has 3 rings (SSSR count). The third kappa shape index (κ3) is 2.08. The number of rotatable bonds is 3. The second-order valence-corrected chi connectivity index (χ2v) is 4.25. The summed E-state index contributed by atoms with van der Waals surface area (Å²) in [6, 6.07) is 12.3. The Hall–Kier alpha value is -2.62. The molecule has 0 aliphatic carbocycles. The van der Waals surface area contributed by atoms with Crippen LogP contribution in [-0.2, 0) is 6.54 Å². The molecule has 4 heteroatoms. The highest BCUT2D eigenvalue weighted by molar-refractivity contribution is 5.78. The van der Waals surface area contributed by atoms with Crippen LogP contribution in [0.5, 0.6) is 0 Å². The van der Waals surface area contributed by atoms with Crippen LogP contribution in [0.1, 0.15) is 16.3 Å². The fourth-order valence-corrected chi connectivity index (χ4v) is 2.11. The minimum absolute atomic E-state index is 0.000115. The average molecular weight is 253 g/mol. The lowest BCUT2D eigenvalue weighted by atomic mass is 10.2. The summed E-state index contributed by atoms with van der Waals surface area (Å²) in [6.07, 6.45) is 2.40. The number of hydrogen-bond donors (Lipinski definition) is 0. The van der Waals surface area contributed by atoms with Gasteiger partial charge in [-0.1, -0.05) is 12.1 Å². The highest BCUT2D eigenvalue weighted by atomic mass is 16.3. The molecule has 0 fully saturated rings. The number of benzene rings is 1. The lowest BCUT2D eigenvalue weighted by Gasteiger charge is -2.08. The minimum Gasteiger partial charge on any atom is -0.456 e. The summed E-state index contributed by atoms with van der Waals surface area (Å²) in [7, 11) is 0. The first-order valence-electron chi connectivity index (χ1n) is 5.90. The summed E-state index contributed by atoms with van der Waals surface area (Å²) in [6.45, 7) is 0.481. The van der Waals surface area contributed by atoms with Gasteiger partial charge < -0.3 is 8.98 Å². The van der Waals surface area contributed by atoms with Crippen molar-refractivity contribution in [1.29, 1.82) is 0 Å². The summed E-state index contributed by atoms with van der Waals surface area (Å²) in [5, 5.41) is 0.673. The van der Waals surface area contributed by atoms with Crippen molar-refractivity contribution < 1.29 is 9.21 Å². The molecule has 0 aliphatic heterocycles. The molecule has 2 aromatic heterocycles. The largest absolute Gasteiger partial charge is 0.456 e. The molecular formula is C15H11NO3. The van der Waals surface area contributed by atoms with E-state index in [-0.39, 0.29) is 5.43 Å². The van der Waals surface area contributed by atoms with Crippen molar-refractivity contribution in [3.05, 3.63) is 70.4 Å². The molecule has 94 valence electrons. The van der Waals surface area contributed by atoms with E-state index in [4.69, 9.17) is 4.42 Å². The molecule has 1 aromatic carbocycles. The van der Waals surface area contributed by atoms with Gasteiger partial charge in [-0.2, -0.15) is 0 Å². The third-order valence-electron chi connectivity index (χ3n) is 3.01. The maximum atomic E-state index is 11.8. The van der Waals surface area contributed by atoms with Crippen LogP contribution in [-0.4, -0.2) is 10.9 Å². The summed E-state index contributed by atoms with van der Waals surface area (Å²) < 4.78 is 7.27. The zero-order valence-electron chi connectivity index (χ0n) is 10.1. The van der Waals surface area contributed by atoms with Crippen molar-refractivity contribution in [2.75, 3.05) is 0 Å². The number of nitrogens with zero attached hydrogens (tertiary/aromatic N) is 1. The van der Waals surface area contributed by atoms with Gasteiger partial charge in [0.25, 0.3) is 0 Å². The topological polar surface area (TPSA) is 52.2 Å². The molecule has 0 amide bonds. The van der Waals surface area contributed by atoms with Gasteiger partial charge in [-0.15, -0.1) is 0 Å². The Kier molecular flexibility index (Phi) is 2.76. The van der Waals surface area contributed by atoms with E-state index in [9.17, 15) is 9.59 Å². The maximum Gasteiger partial charge on any atom is 0.189 e. The van der Waals surface area contributed by atoms with Crippen molar-refractivity contribution in [3.8, 4) is 0 Å². The molecular weight excluding hydrogens is 242 g/mol. The van der Waals surface area contributed by atoms with Gasteiger partial charge in [0, 0.05) is 17.6 Å². The zero-order valence-corrected chi connectivity index (χ0v) is 10.1. The van der Waals surface area contributed by atoms with E-state index in [1.807, 2.05) is 22.8 Å². The van der Waals surface area contributed by atoms with Crippen LogP contribution >= 0.6 is 0 Å². The molecule has 0 spiro atoms. The van der Waals surface area contributed by atoms with Gasteiger partial charge in [-0.05, 0) is 24.3 Å². The zero-order chi connectivity index (χ0) is 13.2. The highest BCUT2D eigenvalue weighted by Crippen LogP contribution is 2.13. The Morgan fingerprint density at radius 3 is 2.74 bits per heavy atom. The van der Waals surface area contributed by atoms with Gasteiger partial charge in [0.05, 0.1) is 12.1 Å². The number of carbonyl (C=O) groups is 1. The molecule has 0 N–H and O–H groups in total. The van der Waals surface area contributed by atoms with E-state index >= 15 is 0 Å². The Labute approximate surface area is 108 Å². The predicted molar refractivity (Wildman–Crippen MR) is 71.4 cm³/mol. The van der Waals surface area contributed by atoms with Gasteiger partial charge in [-0.25, -0.2) is 0 Å². The highest BCUT2D eigenvalue weighted by Gasteiger charge is 2.05. The summed E-state index contributed by atoms with van der Waals surface area (Å²) in [5.41, 5.74) is 0.846. The number of carbonyl (C=O) groups excluding carboxylic acids is 1. The van der Waals surface area contributed by atoms with Crippen LogP contribution in [0.4, 0.5) is 0 Å². The van der Waals surface area contributed by atoms with Crippen LogP contribution in [0.3, 0.4) is 0 Å². The molecule has 0 saturated carbocycles. The fourth-order valence-electron chi connectivity index (χ4n) is 2.11. The first-order chi connectivity index (χ1) is 9.28. The fraction of sp³-hybridized carbons (Fsp3) is 0.0667. The Morgan fingerprint density at radius 2 is 1.95 bits per heavy atom. The quantitative estimate of drug-likeness (QED) is 0.674. The van der Waals surface area contributed by atoms with Crippen molar-refractivity contribution in [2.24, 2.45) is 0 Å². The summed E-state index contributed by atoms with van der Waals surface area (Å²) in [4.78, 5) is 22.3. The lowest BCUT2D eigenvalue weighted by Crippen LogP contribution is -2.08. The monoisotopic (exact) mass is 253 g/mol. The van der Waals surface area contributed by atoms with E-state index in [0.29, 0.717) is 29.7 Å². The summed E-state index contributed by atoms with van der Waals surface area (Å²) >= 11 is 0. The Balaban J connectivity index is 2.08. The second kappa shape index (κ2) is 4.57. The SMILES string of the molecule is O=Cc1ccc(Cn2ccc(=O)c3ccccc32)o1. The summed E-state index contributed by atoms with van der Waals surface area (Å²) in [5.74, 6) is 0.983. The van der Waals surface area contributed by atoms with Gasteiger partial charge >= 0.3 is 0 Å². The van der Waals surface area contributed by atoms with Gasteiger partial charge in [0.15, 0.2) is 17.5 Å². The smallest absolute Gasteiger partial charge is 0.189 e. The second-order valence-electron chi connectivity index (χ2n) is 4.25. The Morgan fingerprint density at radius 1 is 1.11 bits per heavy atom. The minimum atomic E-state index is -0.000115. The Bertz CT molecular complexity index is 798. The standard InChI is InChI=1S/C15H11NO3/c17-10-12-6-5-11(19-12)9-16-8-7-15(18)13-3-1-2-4-14(13)16/h1-8,10H,9H2. The molecule has 19 heavy (non-hydrogen) atoms. The maximum absolute atomic E-state index is 11.8. The van der Waals surface area contributed by atoms with E-state index in [1.165, 1.54) is 6.07 Å². The molecule has 0 atom stereocenters. The number of furan rings is 1. The van der Waals surface area contributed by atoms with E-state index in [1.54, 1.807) is 24.4 Å². The molecule has 0 radical (unpaired) electrons. The number of aldehydes is 1. The van der Waals surface area contributed by atoms with Crippen LogP contribution in [0.25, 0.3) is 10.9 Å². The van der Waals surface area contributed by atoms with Crippen LogP contribution < -0.4 is 5.43 Å². The van der Waals surface area contributed by atoms with Crippen molar-refractivity contribution in [1.82, 2.24) is 4.57 Å². The molecule has 0 unspecified atom stereocenters. The predicted octanol–water partition coefficient (Wildman–Crippen LogP) is 2.46. The number of hydrogen-bond acceptors (Lipinski definition) is 3. The number of pyridine rings is 1. The lowest BCUT2D eigenvalue weighted by molar-refractivity contribution is 0.109. The first kappa shape index (κ1) is 11.5. The van der Waals surface area contributed by atoms with Crippen molar-refractivity contribution >= 4 is 17.2 Å². The molecule has 0 saturated heterocycles. The van der Waals surface area contributed by atoms with Gasteiger partial charge in [0.1, 0.15) is 5.76 Å². The molecule has 4 nitrogen and oxygen atoms in total. The van der Waals surface area contributed by atoms with Gasteiger partial charge in [-0.3, -0.25) is 9.59 Å². The molecule has 3 aromatic rings. The normalized spacial score (nSPS) is 10.7. The van der Waals surface area contributed by atoms with E-state index in [2.05, 4.69) is 0 Å². The van der Waals surface area contributed by atoms with Crippen LogP contribution in [0.2, 0.25) is 0 Å². The molecule has 0 bridgehead atoms. The number of aromatic nitrogens is 1. The van der Waals surface area contributed by atoms with Crippen molar-refractivity contribution in [2.45, 2.75) is 6.54 Å². The van der Waals surface area contributed by atoms with Crippen LogP contribution in [0.15, 0.2) is 57.9 Å². The van der Waals surface area contributed by atoms with E-state index in [0.717, 1.165) is 5.52 Å².